The van der Waals surface area contributed by atoms with Crippen molar-refractivity contribution in [2.24, 2.45) is 0 Å². The zero-order chi connectivity index (χ0) is 38.4. The van der Waals surface area contributed by atoms with Crippen molar-refractivity contribution in [3.8, 4) is 67.3 Å². The first-order valence-electron chi connectivity index (χ1n) is 19.8. The van der Waals surface area contributed by atoms with Crippen molar-refractivity contribution in [2.75, 3.05) is 0 Å². The molecule has 0 bridgehead atoms. The molecule has 0 radical (unpaired) electrons. The topological polar surface area (TPSA) is 25.8 Å². The van der Waals surface area contributed by atoms with Gasteiger partial charge in [0.2, 0.25) is 0 Å². The van der Waals surface area contributed by atoms with Gasteiger partial charge in [-0.1, -0.05) is 188 Å². The highest BCUT2D eigenvalue weighted by atomic mass is 14.9. The molecule has 0 fully saturated rings. The average Bonchev–Trinajstić information content (AvgIpc) is 3.31. The summed E-state index contributed by atoms with van der Waals surface area (Å²) in [6, 6.07) is 78.3. The highest BCUT2D eigenvalue weighted by molar-refractivity contribution is 6.20. The Labute approximate surface area is 337 Å². The molecule has 0 atom stereocenters. The lowest BCUT2D eigenvalue weighted by atomic mass is 9.89. The summed E-state index contributed by atoms with van der Waals surface area (Å²) in [7, 11) is 0. The van der Waals surface area contributed by atoms with Crippen molar-refractivity contribution in [2.45, 2.75) is 0 Å². The molecule has 0 saturated heterocycles. The summed E-state index contributed by atoms with van der Waals surface area (Å²) in [5, 5.41) is 9.89. The third-order valence-electron chi connectivity index (χ3n) is 11.4. The van der Waals surface area contributed by atoms with Gasteiger partial charge < -0.3 is 0 Å². The van der Waals surface area contributed by atoms with E-state index in [0.717, 1.165) is 39.0 Å². The van der Waals surface area contributed by atoms with E-state index in [-0.39, 0.29) is 0 Å². The van der Waals surface area contributed by atoms with E-state index >= 15 is 0 Å². The number of rotatable bonds is 6. The van der Waals surface area contributed by atoms with Gasteiger partial charge >= 0.3 is 0 Å². The Bertz CT molecular complexity index is 3310. The van der Waals surface area contributed by atoms with E-state index in [1.165, 1.54) is 65.5 Å². The molecule has 58 heavy (non-hydrogen) atoms. The zero-order valence-corrected chi connectivity index (χ0v) is 31.7. The third kappa shape index (κ3) is 6.09. The average molecular weight is 737 g/mol. The summed E-state index contributed by atoms with van der Waals surface area (Å²) in [6.45, 7) is 0. The first-order chi connectivity index (χ1) is 28.7. The fraction of sp³-hybridized carbons (Fsp3) is 0. The predicted molar refractivity (Wildman–Crippen MR) is 245 cm³/mol. The molecule has 0 unspecified atom stereocenters. The van der Waals surface area contributed by atoms with Gasteiger partial charge in [-0.25, -0.2) is 9.97 Å². The van der Waals surface area contributed by atoms with Crippen LogP contribution in [0.2, 0.25) is 0 Å². The van der Waals surface area contributed by atoms with E-state index in [1.54, 1.807) is 0 Å². The maximum Gasteiger partial charge on any atom is 0.160 e. The van der Waals surface area contributed by atoms with E-state index in [1.807, 2.05) is 0 Å². The Hall–Kier alpha value is -7.68. The zero-order valence-electron chi connectivity index (χ0n) is 31.7. The molecule has 0 aliphatic carbocycles. The maximum atomic E-state index is 5.25. The molecule has 1 heterocycles. The normalized spacial score (nSPS) is 11.4. The van der Waals surface area contributed by atoms with Crippen LogP contribution in [0.4, 0.5) is 0 Å². The van der Waals surface area contributed by atoms with Crippen LogP contribution in [0.25, 0.3) is 110 Å². The van der Waals surface area contributed by atoms with Crippen LogP contribution in [0.1, 0.15) is 0 Å². The molecule has 2 nitrogen and oxygen atoms in total. The smallest absolute Gasteiger partial charge is 0.160 e. The Morgan fingerprint density at radius 1 is 0.224 bits per heavy atom. The minimum Gasteiger partial charge on any atom is -0.228 e. The number of fused-ring (bicyclic) bond motifs is 5. The molecule has 1 aromatic heterocycles. The summed E-state index contributed by atoms with van der Waals surface area (Å²) in [5.74, 6) is 0.697. The summed E-state index contributed by atoms with van der Waals surface area (Å²) in [4.78, 5) is 10.5. The van der Waals surface area contributed by atoms with Crippen LogP contribution in [-0.4, -0.2) is 9.97 Å². The van der Waals surface area contributed by atoms with Gasteiger partial charge in [0.1, 0.15) is 0 Å². The Morgan fingerprint density at radius 3 is 1.50 bits per heavy atom. The lowest BCUT2D eigenvalue weighted by Crippen LogP contribution is -1.96. The molecule has 0 spiro atoms. The van der Waals surface area contributed by atoms with Gasteiger partial charge in [0.25, 0.3) is 0 Å². The Balaban J connectivity index is 1.03. The van der Waals surface area contributed by atoms with Crippen LogP contribution >= 0.6 is 0 Å². The summed E-state index contributed by atoms with van der Waals surface area (Å²) in [6.07, 6.45) is 0. The lowest BCUT2D eigenvalue weighted by molar-refractivity contribution is 1.18. The van der Waals surface area contributed by atoms with Crippen molar-refractivity contribution in [1.82, 2.24) is 9.97 Å². The molecular formula is C56H36N2. The van der Waals surface area contributed by atoms with Crippen molar-refractivity contribution in [3.63, 3.8) is 0 Å². The SMILES string of the molecule is c1ccc(-c2ccc(-c3cc(-c4cccc(-c5ccccc5)c4)nc(-c4ccc5cc(-c6c7ccccc7cc7c6ccc6ccccc67)ccc5c4)n3)cc2)cc1. The van der Waals surface area contributed by atoms with Gasteiger partial charge in [-0.3, -0.25) is 0 Å². The van der Waals surface area contributed by atoms with Gasteiger partial charge in [0, 0.05) is 16.7 Å². The maximum absolute atomic E-state index is 5.25. The fourth-order valence-electron chi connectivity index (χ4n) is 8.50. The molecule has 0 saturated carbocycles. The van der Waals surface area contributed by atoms with E-state index in [4.69, 9.17) is 9.97 Å². The van der Waals surface area contributed by atoms with Gasteiger partial charge in [-0.2, -0.15) is 0 Å². The number of aromatic nitrogens is 2. The molecule has 2 heteroatoms. The molecule has 0 N–H and O–H groups in total. The van der Waals surface area contributed by atoms with Crippen LogP contribution < -0.4 is 0 Å². The van der Waals surface area contributed by atoms with Crippen LogP contribution in [0, 0.1) is 0 Å². The molecule has 0 amide bonds. The summed E-state index contributed by atoms with van der Waals surface area (Å²) < 4.78 is 0. The molecule has 0 aliphatic heterocycles. The van der Waals surface area contributed by atoms with E-state index < -0.39 is 0 Å². The Kier molecular flexibility index (Phi) is 8.19. The predicted octanol–water partition coefficient (Wildman–Crippen LogP) is 15.1. The lowest BCUT2D eigenvalue weighted by Gasteiger charge is -2.15. The molecule has 10 aromatic carbocycles. The van der Waals surface area contributed by atoms with Gasteiger partial charge in [-0.05, 0) is 107 Å². The second-order valence-corrected chi connectivity index (χ2v) is 15.0. The van der Waals surface area contributed by atoms with E-state index in [0.29, 0.717) is 5.82 Å². The van der Waals surface area contributed by atoms with Crippen LogP contribution in [0.5, 0.6) is 0 Å². The van der Waals surface area contributed by atoms with Crippen LogP contribution in [0.15, 0.2) is 218 Å². The van der Waals surface area contributed by atoms with E-state index in [9.17, 15) is 0 Å². The van der Waals surface area contributed by atoms with Crippen LogP contribution in [0.3, 0.4) is 0 Å². The first-order valence-corrected chi connectivity index (χ1v) is 19.8. The second-order valence-electron chi connectivity index (χ2n) is 15.0. The van der Waals surface area contributed by atoms with Crippen molar-refractivity contribution >= 4 is 43.1 Å². The molecule has 11 rings (SSSR count). The monoisotopic (exact) mass is 736 g/mol. The molecule has 11 aromatic rings. The first kappa shape index (κ1) is 33.6. The number of nitrogens with zero attached hydrogens (tertiary/aromatic N) is 2. The van der Waals surface area contributed by atoms with Crippen molar-refractivity contribution in [1.29, 1.82) is 0 Å². The second kappa shape index (κ2) is 14.1. The summed E-state index contributed by atoms with van der Waals surface area (Å²) >= 11 is 0. The number of benzene rings is 10. The van der Waals surface area contributed by atoms with Gasteiger partial charge in [0.15, 0.2) is 5.82 Å². The highest BCUT2D eigenvalue weighted by Crippen LogP contribution is 2.41. The number of hydrogen-bond acceptors (Lipinski definition) is 2. The van der Waals surface area contributed by atoms with Crippen molar-refractivity contribution in [3.05, 3.63) is 218 Å². The molecular weight excluding hydrogens is 701 g/mol. The molecule has 270 valence electrons. The minimum atomic E-state index is 0.697. The largest absolute Gasteiger partial charge is 0.228 e. The standard InChI is InChI=1S/C56H36N2/c1-3-12-37(13-4-1)39-22-24-41(25-23-39)53-36-54(46-19-11-18-42(32-46)38-14-5-2-6-15-38)58-56(57-53)48-29-27-43-33-47(28-26-44(43)34-48)55-50-21-10-8-17-45(50)35-52-49-20-9-7-16-40(49)30-31-51(52)55/h1-36H. The highest BCUT2D eigenvalue weighted by Gasteiger charge is 2.15. The minimum absolute atomic E-state index is 0.697. The van der Waals surface area contributed by atoms with Crippen molar-refractivity contribution < 1.29 is 0 Å². The number of hydrogen-bond donors (Lipinski definition) is 0. The van der Waals surface area contributed by atoms with Crippen LogP contribution in [-0.2, 0) is 0 Å². The Morgan fingerprint density at radius 2 is 0.741 bits per heavy atom. The summed E-state index contributed by atoms with van der Waals surface area (Å²) in [5.41, 5.74) is 12.0. The van der Waals surface area contributed by atoms with Gasteiger partial charge in [0.05, 0.1) is 11.4 Å². The fourth-order valence-corrected chi connectivity index (χ4v) is 8.50. The van der Waals surface area contributed by atoms with Gasteiger partial charge in [-0.15, -0.1) is 0 Å². The van der Waals surface area contributed by atoms with E-state index in [2.05, 4.69) is 218 Å². The molecule has 0 aliphatic rings. The quantitative estimate of drug-likeness (QED) is 0.125. The third-order valence-corrected chi connectivity index (χ3v) is 11.4.